The number of likely N-dealkylation sites (N-methyl/N-ethyl adjacent to an activating group) is 1. The fourth-order valence-corrected chi connectivity index (χ4v) is 2.59. The van der Waals surface area contributed by atoms with Crippen LogP contribution in [0.25, 0.3) is 0 Å². The van der Waals surface area contributed by atoms with Gasteiger partial charge < -0.3 is 9.80 Å². The molecular weight excluding hydrogens is 264 g/mol. The number of likely N-dealkylation sites (tertiary alicyclic amines) is 1. The van der Waals surface area contributed by atoms with Crippen LogP contribution < -0.4 is 4.90 Å². The zero-order valence-electron chi connectivity index (χ0n) is 10.9. The van der Waals surface area contributed by atoms with E-state index in [0.29, 0.717) is 17.1 Å². The zero-order valence-corrected chi connectivity index (χ0v) is 11.7. The highest BCUT2D eigenvalue weighted by Crippen LogP contribution is 2.25. The summed E-state index contributed by atoms with van der Waals surface area (Å²) in [6.07, 6.45) is 2.93. The van der Waals surface area contributed by atoms with Crippen molar-refractivity contribution in [3.8, 4) is 0 Å². The van der Waals surface area contributed by atoms with Crippen LogP contribution in [0, 0.1) is 0 Å². The second-order valence-corrected chi connectivity index (χ2v) is 5.18. The SMILES string of the molecule is CN(CC(=O)N1CCCC1)c1ccc(C=O)cc1Cl. The first-order valence-electron chi connectivity index (χ1n) is 6.35. The lowest BCUT2D eigenvalue weighted by Gasteiger charge is -2.23. The second kappa shape index (κ2) is 6.06. The minimum Gasteiger partial charge on any atom is -0.364 e. The van der Waals surface area contributed by atoms with Crippen molar-refractivity contribution in [2.24, 2.45) is 0 Å². The Morgan fingerprint density at radius 3 is 2.68 bits per heavy atom. The van der Waals surface area contributed by atoms with Gasteiger partial charge in [-0.2, -0.15) is 0 Å². The van der Waals surface area contributed by atoms with Crippen LogP contribution in [0.15, 0.2) is 18.2 Å². The van der Waals surface area contributed by atoms with Gasteiger partial charge in [-0.25, -0.2) is 0 Å². The molecule has 1 aliphatic heterocycles. The summed E-state index contributed by atoms with van der Waals surface area (Å²) in [7, 11) is 1.83. The number of rotatable bonds is 4. The van der Waals surface area contributed by atoms with Gasteiger partial charge in [0.1, 0.15) is 6.29 Å². The van der Waals surface area contributed by atoms with E-state index in [1.807, 2.05) is 16.8 Å². The predicted octanol–water partition coefficient (Wildman–Crippen LogP) is 2.21. The van der Waals surface area contributed by atoms with Gasteiger partial charge in [0.05, 0.1) is 17.3 Å². The largest absolute Gasteiger partial charge is 0.364 e. The lowest BCUT2D eigenvalue weighted by atomic mass is 10.2. The van der Waals surface area contributed by atoms with Crippen molar-refractivity contribution in [1.82, 2.24) is 4.90 Å². The van der Waals surface area contributed by atoms with Crippen molar-refractivity contribution in [3.05, 3.63) is 28.8 Å². The molecule has 0 unspecified atom stereocenters. The minimum atomic E-state index is 0.121. The van der Waals surface area contributed by atoms with Gasteiger partial charge in [-0.05, 0) is 31.0 Å². The molecule has 1 aliphatic rings. The van der Waals surface area contributed by atoms with E-state index in [9.17, 15) is 9.59 Å². The van der Waals surface area contributed by atoms with Crippen molar-refractivity contribution >= 4 is 29.5 Å². The predicted molar refractivity (Wildman–Crippen MR) is 75.9 cm³/mol. The second-order valence-electron chi connectivity index (χ2n) is 4.77. The molecular formula is C14H17ClN2O2. The molecule has 2 rings (SSSR count). The molecule has 0 aromatic heterocycles. The Hall–Kier alpha value is -1.55. The molecule has 102 valence electrons. The van der Waals surface area contributed by atoms with E-state index < -0.39 is 0 Å². The molecule has 5 heteroatoms. The number of amides is 1. The van der Waals surface area contributed by atoms with E-state index >= 15 is 0 Å². The third kappa shape index (κ3) is 3.26. The summed E-state index contributed by atoms with van der Waals surface area (Å²) < 4.78 is 0. The molecule has 1 aromatic rings. The normalized spacial score (nSPS) is 14.5. The molecule has 1 heterocycles. The standard InChI is InChI=1S/C14H17ClN2O2/c1-16(9-14(19)17-6-2-3-7-17)13-5-4-11(10-18)8-12(13)15/h4-5,8,10H,2-3,6-7,9H2,1H3. The summed E-state index contributed by atoms with van der Waals surface area (Å²) in [6, 6.07) is 5.08. The Morgan fingerprint density at radius 2 is 2.11 bits per heavy atom. The third-order valence-corrected chi connectivity index (χ3v) is 3.65. The maximum atomic E-state index is 12.0. The minimum absolute atomic E-state index is 0.121. The number of hydrogen-bond acceptors (Lipinski definition) is 3. The first-order chi connectivity index (χ1) is 9.11. The van der Waals surface area contributed by atoms with Gasteiger partial charge in [-0.1, -0.05) is 11.6 Å². The summed E-state index contributed by atoms with van der Waals surface area (Å²) in [5.41, 5.74) is 1.30. The highest BCUT2D eigenvalue weighted by Gasteiger charge is 2.19. The average molecular weight is 281 g/mol. The maximum Gasteiger partial charge on any atom is 0.242 e. The van der Waals surface area contributed by atoms with Gasteiger partial charge in [-0.15, -0.1) is 0 Å². The smallest absolute Gasteiger partial charge is 0.242 e. The first-order valence-corrected chi connectivity index (χ1v) is 6.73. The fourth-order valence-electron chi connectivity index (χ4n) is 2.26. The molecule has 0 saturated carbocycles. The average Bonchev–Trinajstić information content (AvgIpc) is 2.92. The number of carbonyl (C=O) groups is 2. The zero-order chi connectivity index (χ0) is 13.8. The summed E-state index contributed by atoms with van der Waals surface area (Å²) in [5, 5.41) is 0.487. The van der Waals surface area contributed by atoms with Crippen LogP contribution in [0.2, 0.25) is 5.02 Å². The maximum absolute atomic E-state index is 12.0. The van der Waals surface area contributed by atoms with Gasteiger partial charge in [0.15, 0.2) is 0 Å². The van der Waals surface area contributed by atoms with E-state index in [0.717, 1.165) is 37.9 Å². The number of halogens is 1. The van der Waals surface area contributed by atoms with E-state index in [2.05, 4.69) is 0 Å². The van der Waals surface area contributed by atoms with E-state index in [1.54, 1.807) is 18.2 Å². The Kier molecular flexibility index (Phi) is 4.43. The van der Waals surface area contributed by atoms with Crippen LogP contribution in [0.3, 0.4) is 0 Å². The van der Waals surface area contributed by atoms with E-state index in [-0.39, 0.29) is 5.91 Å². The number of benzene rings is 1. The van der Waals surface area contributed by atoms with Crippen LogP contribution in [0.5, 0.6) is 0 Å². The lowest BCUT2D eigenvalue weighted by molar-refractivity contribution is -0.128. The van der Waals surface area contributed by atoms with Crippen molar-refractivity contribution in [2.45, 2.75) is 12.8 Å². The molecule has 0 atom stereocenters. The van der Waals surface area contributed by atoms with Crippen LogP contribution >= 0.6 is 11.6 Å². The number of aldehydes is 1. The molecule has 19 heavy (non-hydrogen) atoms. The summed E-state index contributed by atoms with van der Waals surface area (Å²) in [5.74, 6) is 0.121. The van der Waals surface area contributed by atoms with Crippen LogP contribution in [-0.2, 0) is 4.79 Å². The molecule has 1 amide bonds. The summed E-state index contributed by atoms with van der Waals surface area (Å²) >= 11 is 6.12. The molecule has 4 nitrogen and oxygen atoms in total. The molecule has 0 spiro atoms. The van der Waals surface area contributed by atoms with Crippen molar-refractivity contribution in [3.63, 3.8) is 0 Å². The van der Waals surface area contributed by atoms with Crippen LogP contribution in [-0.4, -0.2) is 43.8 Å². The Labute approximate surface area is 117 Å². The van der Waals surface area contributed by atoms with Gasteiger partial charge in [0.25, 0.3) is 0 Å². The number of anilines is 1. The molecule has 1 fully saturated rings. The number of carbonyl (C=O) groups excluding carboxylic acids is 2. The quantitative estimate of drug-likeness (QED) is 0.794. The highest BCUT2D eigenvalue weighted by molar-refractivity contribution is 6.33. The first kappa shape index (κ1) is 13.9. The number of nitrogens with zero attached hydrogens (tertiary/aromatic N) is 2. The van der Waals surface area contributed by atoms with E-state index in [4.69, 9.17) is 11.6 Å². The number of hydrogen-bond donors (Lipinski definition) is 0. The summed E-state index contributed by atoms with van der Waals surface area (Å²) in [6.45, 7) is 2.01. The molecule has 0 bridgehead atoms. The van der Waals surface area contributed by atoms with Crippen LogP contribution in [0.1, 0.15) is 23.2 Å². The summed E-state index contributed by atoms with van der Waals surface area (Å²) in [4.78, 5) is 26.4. The van der Waals surface area contributed by atoms with Crippen molar-refractivity contribution in [2.75, 3.05) is 31.6 Å². The van der Waals surface area contributed by atoms with Crippen molar-refractivity contribution in [1.29, 1.82) is 0 Å². The molecule has 1 aromatic carbocycles. The topological polar surface area (TPSA) is 40.6 Å². The van der Waals surface area contributed by atoms with Crippen molar-refractivity contribution < 1.29 is 9.59 Å². The lowest BCUT2D eigenvalue weighted by Crippen LogP contribution is -2.37. The molecule has 1 saturated heterocycles. The monoisotopic (exact) mass is 280 g/mol. The molecule has 0 radical (unpaired) electrons. The molecule has 0 N–H and O–H groups in total. The van der Waals surface area contributed by atoms with Gasteiger partial charge in [-0.3, -0.25) is 9.59 Å². The highest BCUT2D eigenvalue weighted by atomic mass is 35.5. The Bertz CT molecular complexity index is 484. The van der Waals surface area contributed by atoms with Crippen LogP contribution in [0.4, 0.5) is 5.69 Å². The Balaban J connectivity index is 2.04. The fraction of sp³-hybridized carbons (Fsp3) is 0.429. The Morgan fingerprint density at radius 1 is 1.42 bits per heavy atom. The molecule has 0 aliphatic carbocycles. The van der Waals surface area contributed by atoms with Gasteiger partial charge in [0.2, 0.25) is 5.91 Å². The van der Waals surface area contributed by atoms with E-state index in [1.165, 1.54) is 0 Å². The van der Waals surface area contributed by atoms with Gasteiger partial charge >= 0.3 is 0 Å². The van der Waals surface area contributed by atoms with Gasteiger partial charge in [0, 0.05) is 25.7 Å². The third-order valence-electron chi connectivity index (χ3n) is 3.35.